The molecule has 0 fully saturated rings. The number of carbonyl (C=O) groups excluding carboxylic acids is 2. The summed E-state index contributed by atoms with van der Waals surface area (Å²) in [6, 6.07) is 14.9. The van der Waals surface area contributed by atoms with Gasteiger partial charge in [-0.3, -0.25) is 9.59 Å². The van der Waals surface area contributed by atoms with E-state index in [1.165, 1.54) is 19.2 Å². The van der Waals surface area contributed by atoms with Crippen LogP contribution >= 0.6 is 0 Å². The van der Waals surface area contributed by atoms with Gasteiger partial charge in [0.05, 0.1) is 11.6 Å². The number of hydrogen-bond donors (Lipinski definition) is 1. The van der Waals surface area contributed by atoms with Crippen LogP contribution in [0, 0.1) is 28.6 Å². The summed E-state index contributed by atoms with van der Waals surface area (Å²) in [4.78, 5) is 28.5. The van der Waals surface area contributed by atoms with Crippen LogP contribution in [0.5, 0.6) is 5.75 Å². The summed E-state index contributed by atoms with van der Waals surface area (Å²) in [6.45, 7) is 1.43. The number of anilines is 1. The largest absolute Gasteiger partial charge is 0.482 e. The lowest BCUT2D eigenvalue weighted by Gasteiger charge is -2.17. The van der Waals surface area contributed by atoms with Gasteiger partial charge in [0.2, 0.25) is 0 Å². The van der Waals surface area contributed by atoms with Crippen molar-refractivity contribution in [1.29, 1.82) is 10.5 Å². The van der Waals surface area contributed by atoms with Crippen LogP contribution in [0.25, 0.3) is 0 Å². The average molecular weight is 334 g/mol. The fourth-order valence-electron chi connectivity index (χ4n) is 2.03. The van der Waals surface area contributed by atoms with Crippen LogP contribution in [-0.2, 0) is 9.59 Å². The molecular weight excluding hydrogens is 320 g/mol. The zero-order valence-corrected chi connectivity index (χ0v) is 13.3. The Labute approximate surface area is 144 Å². The Morgan fingerprint density at radius 1 is 1.16 bits per heavy atom. The molecule has 124 valence electrons. The predicted molar refractivity (Wildman–Crippen MR) is 88.2 cm³/mol. The number of hydrogen-bond acceptors (Lipinski definition) is 6. The van der Waals surface area contributed by atoms with E-state index >= 15 is 0 Å². The number of carbonyl (C=O) groups is 2. The number of nitriles is 2. The Kier molecular flexibility index (Phi) is 5.81. The quantitative estimate of drug-likeness (QED) is 0.808. The molecule has 1 heterocycles. The highest BCUT2D eigenvalue weighted by molar-refractivity contribution is 6.10. The molecule has 0 radical (unpaired) electrons. The number of Topliss-reactive ketones (excluding diaryl/α,β-unsaturated/α-hetero) is 1. The lowest BCUT2D eigenvalue weighted by molar-refractivity contribution is -0.133. The van der Waals surface area contributed by atoms with Crippen LogP contribution in [0.1, 0.15) is 12.5 Å². The first-order valence-corrected chi connectivity index (χ1v) is 7.38. The van der Waals surface area contributed by atoms with Crippen LogP contribution in [0.15, 0.2) is 48.7 Å². The maximum atomic E-state index is 12.4. The highest BCUT2D eigenvalue weighted by Gasteiger charge is 2.32. The minimum atomic E-state index is -1.55. The van der Waals surface area contributed by atoms with E-state index in [-0.39, 0.29) is 17.1 Å². The van der Waals surface area contributed by atoms with E-state index in [1.807, 2.05) is 6.07 Å². The molecule has 1 amide bonds. The second-order valence-electron chi connectivity index (χ2n) is 5.04. The van der Waals surface area contributed by atoms with Gasteiger partial charge in [-0.1, -0.05) is 18.2 Å². The van der Waals surface area contributed by atoms with Gasteiger partial charge in [-0.15, -0.1) is 0 Å². The van der Waals surface area contributed by atoms with Gasteiger partial charge in [-0.2, -0.15) is 10.5 Å². The van der Waals surface area contributed by atoms with E-state index in [2.05, 4.69) is 10.3 Å². The van der Waals surface area contributed by atoms with Gasteiger partial charge >= 0.3 is 0 Å². The van der Waals surface area contributed by atoms with Gasteiger partial charge < -0.3 is 10.1 Å². The summed E-state index contributed by atoms with van der Waals surface area (Å²) >= 11 is 0. The number of pyridine rings is 1. The Balaban J connectivity index is 2.09. The molecule has 0 aliphatic heterocycles. The monoisotopic (exact) mass is 334 g/mol. The zero-order valence-electron chi connectivity index (χ0n) is 13.3. The van der Waals surface area contributed by atoms with Crippen LogP contribution in [0.2, 0.25) is 0 Å². The van der Waals surface area contributed by atoms with E-state index in [4.69, 9.17) is 10.00 Å². The minimum Gasteiger partial charge on any atom is -0.482 e. The first-order valence-electron chi connectivity index (χ1n) is 7.38. The molecule has 0 aliphatic carbocycles. The van der Waals surface area contributed by atoms with Crippen molar-refractivity contribution in [2.24, 2.45) is 5.92 Å². The molecule has 0 spiro atoms. The van der Waals surface area contributed by atoms with Gasteiger partial charge in [0.1, 0.15) is 17.6 Å². The second-order valence-corrected chi connectivity index (χ2v) is 5.04. The van der Waals surface area contributed by atoms with Crippen molar-refractivity contribution >= 4 is 17.5 Å². The number of aromatic nitrogens is 1. The molecule has 7 heteroatoms. The molecule has 0 saturated heterocycles. The van der Waals surface area contributed by atoms with Crippen molar-refractivity contribution in [1.82, 2.24) is 4.98 Å². The van der Waals surface area contributed by atoms with E-state index in [9.17, 15) is 14.9 Å². The predicted octanol–water partition coefficient (Wildman–Crippen LogP) is 2.07. The number of ether oxygens (including phenoxy) is 1. The molecule has 0 bridgehead atoms. The number of para-hydroxylation sites is 1. The van der Waals surface area contributed by atoms with Gasteiger partial charge in [0, 0.05) is 6.20 Å². The van der Waals surface area contributed by atoms with Crippen molar-refractivity contribution in [3.63, 3.8) is 0 Å². The van der Waals surface area contributed by atoms with Crippen molar-refractivity contribution in [2.45, 2.75) is 13.0 Å². The average Bonchev–Trinajstić information content (AvgIpc) is 2.63. The van der Waals surface area contributed by atoms with Crippen LogP contribution in [0.4, 0.5) is 5.82 Å². The lowest BCUT2D eigenvalue weighted by Crippen LogP contribution is -2.37. The van der Waals surface area contributed by atoms with Crippen molar-refractivity contribution < 1.29 is 14.3 Å². The fraction of sp³-hybridized carbons (Fsp3) is 0.167. The number of rotatable bonds is 6. The van der Waals surface area contributed by atoms with Crippen molar-refractivity contribution in [2.75, 3.05) is 5.32 Å². The summed E-state index contributed by atoms with van der Waals surface area (Å²) in [6.07, 6.45) is 0.400. The SMILES string of the molecule is C[C@@H](Oc1ccccc1C#N)C(=O)[C@@H](C#N)C(=O)Nc1ccccn1. The van der Waals surface area contributed by atoms with E-state index < -0.39 is 23.7 Å². The summed E-state index contributed by atoms with van der Waals surface area (Å²) in [5.41, 5.74) is 0.258. The first-order chi connectivity index (χ1) is 12.1. The molecule has 2 aromatic rings. The molecule has 25 heavy (non-hydrogen) atoms. The second kappa shape index (κ2) is 8.23. The Hall–Kier alpha value is -3.71. The molecule has 0 unspecified atom stereocenters. The van der Waals surface area contributed by atoms with Gasteiger partial charge in [-0.25, -0.2) is 4.98 Å². The van der Waals surface area contributed by atoms with E-state index in [0.717, 1.165) is 0 Å². The Bertz CT molecular complexity index is 853. The summed E-state index contributed by atoms with van der Waals surface area (Å²) in [5, 5.41) is 20.7. The summed E-state index contributed by atoms with van der Waals surface area (Å²) in [7, 11) is 0. The Morgan fingerprint density at radius 3 is 2.52 bits per heavy atom. The van der Waals surface area contributed by atoms with Gasteiger partial charge in [0.15, 0.2) is 17.8 Å². The molecule has 0 saturated carbocycles. The van der Waals surface area contributed by atoms with Crippen LogP contribution < -0.4 is 10.1 Å². The fourth-order valence-corrected chi connectivity index (χ4v) is 2.03. The maximum Gasteiger partial charge on any atom is 0.250 e. The summed E-state index contributed by atoms with van der Waals surface area (Å²) < 4.78 is 5.46. The van der Waals surface area contributed by atoms with Crippen molar-refractivity contribution in [3.05, 3.63) is 54.2 Å². The van der Waals surface area contributed by atoms with Gasteiger partial charge in [-0.05, 0) is 31.2 Å². The van der Waals surface area contributed by atoms with Crippen LogP contribution in [0.3, 0.4) is 0 Å². The van der Waals surface area contributed by atoms with E-state index in [1.54, 1.807) is 42.5 Å². The molecule has 7 nitrogen and oxygen atoms in total. The number of nitrogens with one attached hydrogen (secondary N) is 1. The molecule has 2 rings (SSSR count). The molecule has 1 aromatic carbocycles. The highest BCUT2D eigenvalue weighted by atomic mass is 16.5. The highest BCUT2D eigenvalue weighted by Crippen LogP contribution is 2.19. The van der Waals surface area contributed by atoms with Gasteiger partial charge in [0.25, 0.3) is 5.91 Å². The molecule has 2 atom stereocenters. The number of amides is 1. The topological polar surface area (TPSA) is 116 Å². The number of ketones is 1. The standard InChI is InChI=1S/C18H14N4O3/c1-12(25-15-7-3-2-6-13(15)10-19)17(23)14(11-20)18(24)22-16-8-4-5-9-21-16/h2-9,12,14H,1H3,(H,21,22,24)/t12-,14-/m1/s1. The van der Waals surface area contributed by atoms with E-state index in [0.29, 0.717) is 0 Å². The lowest BCUT2D eigenvalue weighted by atomic mass is 10.0. The molecule has 1 N–H and O–H groups in total. The first kappa shape index (κ1) is 17.6. The third kappa shape index (κ3) is 4.40. The molecular formula is C18H14N4O3. The number of nitrogens with zero attached hydrogens (tertiary/aromatic N) is 3. The molecule has 0 aliphatic rings. The van der Waals surface area contributed by atoms with Crippen LogP contribution in [-0.4, -0.2) is 22.8 Å². The smallest absolute Gasteiger partial charge is 0.250 e. The summed E-state index contributed by atoms with van der Waals surface area (Å²) in [5.74, 6) is -2.58. The Morgan fingerprint density at radius 2 is 1.88 bits per heavy atom. The minimum absolute atomic E-state index is 0.215. The number of benzene rings is 1. The molecule has 1 aromatic heterocycles. The van der Waals surface area contributed by atoms with Crippen molar-refractivity contribution in [3.8, 4) is 17.9 Å². The maximum absolute atomic E-state index is 12.4. The zero-order chi connectivity index (χ0) is 18.2. The third-order valence-corrected chi connectivity index (χ3v) is 3.30. The normalized spacial score (nSPS) is 12.1. The third-order valence-electron chi connectivity index (χ3n) is 3.30.